The van der Waals surface area contributed by atoms with E-state index in [1.54, 1.807) is 0 Å². The van der Waals surface area contributed by atoms with Crippen molar-refractivity contribution >= 4 is 28.7 Å². The summed E-state index contributed by atoms with van der Waals surface area (Å²) in [7, 11) is 0. The maximum absolute atomic E-state index is 6.14. The zero-order chi connectivity index (χ0) is 12.7. The Labute approximate surface area is 112 Å². The lowest BCUT2D eigenvalue weighted by atomic mass is 10.2. The highest BCUT2D eigenvalue weighted by Gasteiger charge is 2.30. The SMILES string of the molecule is CSC1CCCC1n1c(N)nc2cc(C)ccc21. The zero-order valence-corrected chi connectivity index (χ0v) is 11.7. The molecule has 2 aromatic rings. The number of thioether (sulfide) groups is 1. The summed E-state index contributed by atoms with van der Waals surface area (Å²) in [5.41, 5.74) is 9.59. The monoisotopic (exact) mass is 261 g/mol. The third-order valence-electron chi connectivity index (χ3n) is 3.92. The van der Waals surface area contributed by atoms with E-state index in [0.29, 0.717) is 17.2 Å². The van der Waals surface area contributed by atoms with Crippen LogP contribution in [0.3, 0.4) is 0 Å². The van der Waals surface area contributed by atoms with Gasteiger partial charge in [0.25, 0.3) is 0 Å². The average Bonchev–Trinajstić information content (AvgIpc) is 2.90. The van der Waals surface area contributed by atoms with Gasteiger partial charge in [-0.3, -0.25) is 0 Å². The number of imidazole rings is 1. The molecule has 1 fully saturated rings. The van der Waals surface area contributed by atoms with Gasteiger partial charge in [0, 0.05) is 11.3 Å². The summed E-state index contributed by atoms with van der Waals surface area (Å²) >= 11 is 1.95. The molecule has 1 aliphatic rings. The van der Waals surface area contributed by atoms with Crippen molar-refractivity contribution in [1.82, 2.24) is 9.55 Å². The number of aromatic nitrogens is 2. The van der Waals surface area contributed by atoms with E-state index in [0.717, 1.165) is 5.52 Å². The quantitative estimate of drug-likeness (QED) is 0.901. The van der Waals surface area contributed by atoms with Crippen LogP contribution in [0.25, 0.3) is 11.0 Å². The van der Waals surface area contributed by atoms with Crippen LogP contribution in [0.4, 0.5) is 5.95 Å². The number of hydrogen-bond donors (Lipinski definition) is 1. The molecule has 0 radical (unpaired) electrons. The topological polar surface area (TPSA) is 43.8 Å². The van der Waals surface area contributed by atoms with Gasteiger partial charge < -0.3 is 10.3 Å². The Morgan fingerprint density at radius 2 is 2.22 bits per heavy atom. The summed E-state index contributed by atoms with van der Waals surface area (Å²) in [6, 6.07) is 6.92. The molecule has 2 N–H and O–H groups in total. The van der Waals surface area contributed by atoms with Crippen molar-refractivity contribution in [3.05, 3.63) is 23.8 Å². The van der Waals surface area contributed by atoms with Gasteiger partial charge in [0.15, 0.2) is 0 Å². The molecule has 1 saturated carbocycles. The van der Waals surface area contributed by atoms with Gasteiger partial charge in [-0.05, 0) is 43.7 Å². The number of benzene rings is 1. The smallest absolute Gasteiger partial charge is 0.201 e. The van der Waals surface area contributed by atoms with Crippen molar-refractivity contribution in [2.24, 2.45) is 0 Å². The zero-order valence-electron chi connectivity index (χ0n) is 10.9. The summed E-state index contributed by atoms with van der Waals surface area (Å²) in [6.45, 7) is 2.09. The van der Waals surface area contributed by atoms with Gasteiger partial charge in [0.1, 0.15) is 0 Å². The Hall–Kier alpha value is -1.16. The highest BCUT2D eigenvalue weighted by atomic mass is 32.2. The molecule has 3 nitrogen and oxygen atoms in total. The Morgan fingerprint density at radius 1 is 1.39 bits per heavy atom. The summed E-state index contributed by atoms with van der Waals surface area (Å²) in [5, 5.41) is 0.672. The first kappa shape index (κ1) is 11.9. The van der Waals surface area contributed by atoms with Gasteiger partial charge in [-0.1, -0.05) is 12.5 Å². The first-order valence-electron chi connectivity index (χ1n) is 6.47. The number of aryl methyl sites for hydroxylation is 1. The molecule has 0 aliphatic heterocycles. The van der Waals surface area contributed by atoms with E-state index in [1.807, 2.05) is 11.8 Å². The summed E-state index contributed by atoms with van der Waals surface area (Å²) in [5.74, 6) is 0.668. The van der Waals surface area contributed by atoms with Crippen LogP contribution in [0.2, 0.25) is 0 Å². The number of nitrogens with two attached hydrogens (primary N) is 1. The minimum atomic E-state index is 0.507. The standard InChI is InChI=1S/C14H19N3S/c1-9-6-7-11-10(8-9)16-14(15)17(11)12-4-3-5-13(12)18-2/h6-8,12-13H,3-5H2,1-2H3,(H2,15,16). The first-order chi connectivity index (χ1) is 8.70. The predicted octanol–water partition coefficient (Wildman–Crippen LogP) is 3.38. The van der Waals surface area contributed by atoms with Gasteiger partial charge in [-0.2, -0.15) is 11.8 Å². The van der Waals surface area contributed by atoms with Crippen molar-refractivity contribution in [1.29, 1.82) is 0 Å². The van der Waals surface area contributed by atoms with Crippen molar-refractivity contribution in [2.45, 2.75) is 37.5 Å². The lowest BCUT2D eigenvalue weighted by Crippen LogP contribution is -2.17. The van der Waals surface area contributed by atoms with Crippen molar-refractivity contribution in [2.75, 3.05) is 12.0 Å². The molecule has 0 amide bonds. The fourth-order valence-electron chi connectivity index (χ4n) is 3.05. The van der Waals surface area contributed by atoms with Crippen molar-refractivity contribution < 1.29 is 0 Å². The van der Waals surface area contributed by atoms with Crippen LogP contribution >= 0.6 is 11.8 Å². The summed E-state index contributed by atoms with van der Waals surface area (Å²) in [6.07, 6.45) is 6.00. The van der Waals surface area contributed by atoms with E-state index >= 15 is 0 Å². The van der Waals surface area contributed by atoms with Gasteiger partial charge in [-0.15, -0.1) is 0 Å². The fourth-order valence-corrected chi connectivity index (χ4v) is 4.03. The minimum Gasteiger partial charge on any atom is -0.369 e. The summed E-state index contributed by atoms with van der Waals surface area (Å²) in [4.78, 5) is 4.52. The molecule has 1 heterocycles. The van der Waals surface area contributed by atoms with Crippen LogP contribution in [0, 0.1) is 6.92 Å². The molecule has 0 spiro atoms. The third kappa shape index (κ3) is 1.79. The maximum atomic E-state index is 6.14. The first-order valence-corrected chi connectivity index (χ1v) is 7.76. The Bertz CT molecular complexity index is 576. The van der Waals surface area contributed by atoms with Crippen LogP contribution in [0.15, 0.2) is 18.2 Å². The van der Waals surface area contributed by atoms with Crippen LogP contribution in [0.1, 0.15) is 30.9 Å². The highest BCUT2D eigenvalue weighted by molar-refractivity contribution is 7.99. The van der Waals surface area contributed by atoms with Crippen LogP contribution < -0.4 is 5.73 Å². The number of hydrogen-bond acceptors (Lipinski definition) is 3. The van der Waals surface area contributed by atoms with E-state index in [4.69, 9.17) is 5.73 Å². The normalized spacial score (nSPS) is 23.9. The third-order valence-corrected chi connectivity index (χ3v) is 5.08. The van der Waals surface area contributed by atoms with E-state index in [9.17, 15) is 0 Å². The highest BCUT2D eigenvalue weighted by Crippen LogP contribution is 2.40. The van der Waals surface area contributed by atoms with Gasteiger partial charge in [0.2, 0.25) is 5.95 Å². The molecule has 0 saturated heterocycles. The molecule has 4 heteroatoms. The lowest BCUT2D eigenvalue weighted by Gasteiger charge is -2.21. The molecule has 1 aromatic carbocycles. The molecule has 0 bridgehead atoms. The molecule has 1 aliphatic carbocycles. The van der Waals surface area contributed by atoms with E-state index in [2.05, 4.69) is 40.9 Å². The number of anilines is 1. The predicted molar refractivity (Wildman–Crippen MR) is 79.1 cm³/mol. The van der Waals surface area contributed by atoms with Gasteiger partial charge in [-0.25, -0.2) is 4.98 Å². The minimum absolute atomic E-state index is 0.507. The van der Waals surface area contributed by atoms with Crippen molar-refractivity contribution in [3.63, 3.8) is 0 Å². The second-order valence-corrected chi connectivity index (χ2v) is 6.18. The van der Waals surface area contributed by atoms with E-state index in [-0.39, 0.29) is 0 Å². The molecule has 3 rings (SSSR count). The maximum Gasteiger partial charge on any atom is 0.201 e. The fraction of sp³-hybridized carbons (Fsp3) is 0.500. The van der Waals surface area contributed by atoms with E-state index < -0.39 is 0 Å². The Morgan fingerprint density at radius 3 is 3.00 bits per heavy atom. The molecule has 2 atom stereocenters. The molecule has 2 unspecified atom stereocenters. The molecule has 1 aromatic heterocycles. The van der Waals surface area contributed by atoms with E-state index in [1.165, 1.54) is 30.3 Å². The van der Waals surface area contributed by atoms with Gasteiger partial charge >= 0.3 is 0 Å². The van der Waals surface area contributed by atoms with Gasteiger partial charge in [0.05, 0.1) is 11.0 Å². The average molecular weight is 261 g/mol. The Balaban J connectivity index is 2.13. The molecular weight excluding hydrogens is 242 g/mol. The summed E-state index contributed by atoms with van der Waals surface area (Å²) < 4.78 is 2.25. The molecule has 96 valence electrons. The van der Waals surface area contributed by atoms with Crippen LogP contribution in [-0.2, 0) is 0 Å². The lowest BCUT2D eigenvalue weighted by molar-refractivity contribution is 0.550. The van der Waals surface area contributed by atoms with Crippen LogP contribution in [-0.4, -0.2) is 21.1 Å². The number of nitrogens with zero attached hydrogens (tertiary/aromatic N) is 2. The molecule has 18 heavy (non-hydrogen) atoms. The largest absolute Gasteiger partial charge is 0.369 e. The second-order valence-electron chi connectivity index (χ2n) is 5.10. The number of fused-ring (bicyclic) bond motifs is 1. The second kappa shape index (κ2) is 4.50. The number of rotatable bonds is 2. The number of nitrogen functional groups attached to an aromatic ring is 1. The molecular formula is C14H19N3S. The Kier molecular flexibility index (Phi) is 2.98. The van der Waals surface area contributed by atoms with Crippen LogP contribution in [0.5, 0.6) is 0 Å². The van der Waals surface area contributed by atoms with Crippen molar-refractivity contribution in [3.8, 4) is 0 Å².